The van der Waals surface area contributed by atoms with Crippen LogP contribution in [-0.4, -0.2) is 49.5 Å². The molecule has 0 bridgehead atoms. The van der Waals surface area contributed by atoms with E-state index in [1.807, 2.05) is 0 Å². The van der Waals surface area contributed by atoms with E-state index in [-0.39, 0.29) is 30.2 Å². The van der Waals surface area contributed by atoms with Crippen LogP contribution in [0.1, 0.15) is 31.2 Å². The minimum absolute atomic E-state index is 0.0284. The van der Waals surface area contributed by atoms with Crippen LogP contribution in [0.3, 0.4) is 0 Å². The summed E-state index contributed by atoms with van der Waals surface area (Å²) in [5, 5.41) is 13.2. The monoisotopic (exact) mass is 340 g/mol. The van der Waals surface area contributed by atoms with Crippen molar-refractivity contribution in [3.8, 4) is 0 Å². The third-order valence-electron chi connectivity index (χ3n) is 4.33. The molecule has 0 aliphatic carbocycles. The standard InChI is InChI=1S/C16H24N2O4S/c1-13-6-3-4-7-14(13)23(21,22)18-11-5-9-16(20,12-18)10-8-15(19)17-2/h3-4,6-7,20H,5,8-12H2,1-2H3,(H,17,19)/t16-/m0/s1. The van der Waals surface area contributed by atoms with E-state index in [9.17, 15) is 18.3 Å². The quantitative estimate of drug-likeness (QED) is 0.838. The van der Waals surface area contributed by atoms with E-state index >= 15 is 0 Å². The number of β-amino-alcohol motifs (C(OH)–C–C–N with tert-alkyl or cyclic N) is 1. The Morgan fingerprint density at radius 3 is 2.74 bits per heavy atom. The lowest BCUT2D eigenvalue weighted by Gasteiger charge is -2.38. The number of carbonyl (C=O) groups is 1. The average molecular weight is 340 g/mol. The van der Waals surface area contributed by atoms with Gasteiger partial charge in [0.25, 0.3) is 0 Å². The van der Waals surface area contributed by atoms with Gasteiger partial charge in [-0.2, -0.15) is 4.31 Å². The molecule has 1 atom stereocenters. The van der Waals surface area contributed by atoms with Crippen LogP contribution in [0.25, 0.3) is 0 Å². The summed E-state index contributed by atoms with van der Waals surface area (Å²) in [5.74, 6) is -0.155. The second kappa shape index (κ2) is 6.98. The van der Waals surface area contributed by atoms with Crippen molar-refractivity contribution >= 4 is 15.9 Å². The molecule has 0 aromatic heterocycles. The predicted octanol–water partition coefficient (Wildman–Crippen LogP) is 1.04. The first-order valence-electron chi connectivity index (χ1n) is 7.77. The summed E-state index contributed by atoms with van der Waals surface area (Å²) in [4.78, 5) is 11.7. The fraction of sp³-hybridized carbons (Fsp3) is 0.562. The topological polar surface area (TPSA) is 86.7 Å². The number of amides is 1. The number of aryl methyl sites for hydroxylation is 1. The molecule has 1 fully saturated rings. The maximum atomic E-state index is 12.8. The zero-order chi connectivity index (χ0) is 17.1. The summed E-state index contributed by atoms with van der Waals surface area (Å²) in [5.41, 5.74) is -0.465. The maximum Gasteiger partial charge on any atom is 0.243 e. The van der Waals surface area contributed by atoms with Crippen LogP contribution in [0.2, 0.25) is 0 Å². The van der Waals surface area contributed by atoms with Gasteiger partial charge in [-0.15, -0.1) is 0 Å². The second-order valence-electron chi connectivity index (χ2n) is 6.11. The Morgan fingerprint density at radius 1 is 1.39 bits per heavy atom. The Labute approximate surface area is 137 Å². The molecule has 0 unspecified atom stereocenters. The van der Waals surface area contributed by atoms with Crippen molar-refractivity contribution < 1.29 is 18.3 Å². The van der Waals surface area contributed by atoms with Gasteiger partial charge in [-0.1, -0.05) is 18.2 Å². The van der Waals surface area contributed by atoms with E-state index in [4.69, 9.17) is 0 Å². The Balaban J connectivity index is 2.17. The zero-order valence-corrected chi connectivity index (χ0v) is 14.4. The van der Waals surface area contributed by atoms with Gasteiger partial charge >= 0.3 is 0 Å². The van der Waals surface area contributed by atoms with Crippen molar-refractivity contribution in [3.05, 3.63) is 29.8 Å². The number of piperidine rings is 1. The van der Waals surface area contributed by atoms with Gasteiger partial charge in [-0.3, -0.25) is 4.79 Å². The first-order valence-corrected chi connectivity index (χ1v) is 9.21. The number of aliphatic hydroxyl groups is 1. The smallest absolute Gasteiger partial charge is 0.243 e. The molecule has 1 heterocycles. The lowest BCUT2D eigenvalue weighted by molar-refractivity contribution is -0.122. The number of nitrogens with one attached hydrogen (secondary N) is 1. The van der Waals surface area contributed by atoms with Crippen LogP contribution in [0.5, 0.6) is 0 Å². The summed E-state index contributed by atoms with van der Waals surface area (Å²) in [7, 11) is -2.09. The molecule has 1 aromatic rings. The third kappa shape index (κ3) is 4.10. The molecule has 2 N–H and O–H groups in total. The van der Waals surface area contributed by atoms with E-state index < -0.39 is 15.6 Å². The molecule has 1 aromatic carbocycles. The normalized spacial score (nSPS) is 22.7. The van der Waals surface area contributed by atoms with E-state index in [0.717, 1.165) is 0 Å². The van der Waals surface area contributed by atoms with Crippen LogP contribution >= 0.6 is 0 Å². The van der Waals surface area contributed by atoms with Crippen molar-refractivity contribution in [2.75, 3.05) is 20.1 Å². The van der Waals surface area contributed by atoms with Crippen molar-refractivity contribution in [2.45, 2.75) is 43.1 Å². The Bertz CT molecular complexity index is 674. The molecule has 0 radical (unpaired) electrons. The molecule has 23 heavy (non-hydrogen) atoms. The summed E-state index contributed by atoms with van der Waals surface area (Å²) in [6, 6.07) is 6.84. The number of carbonyl (C=O) groups excluding carboxylic acids is 1. The minimum atomic E-state index is -3.64. The molecule has 6 nitrogen and oxygen atoms in total. The van der Waals surface area contributed by atoms with Crippen LogP contribution in [0.4, 0.5) is 0 Å². The fourth-order valence-electron chi connectivity index (χ4n) is 2.94. The molecule has 0 spiro atoms. The first-order chi connectivity index (χ1) is 10.8. The lowest BCUT2D eigenvalue weighted by Crippen LogP contribution is -2.50. The molecular weight excluding hydrogens is 316 g/mol. The third-order valence-corrected chi connectivity index (χ3v) is 6.33. The Kier molecular flexibility index (Phi) is 5.44. The highest BCUT2D eigenvalue weighted by Gasteiger charge is 2.39. The lowest BCUT2D eigenvalue weighted by atomic mass is 9.89. The van der Waals surface area contributed by atoms with E-state index in [1.54, 1.807) is 38.2 Å². The highest BCUT2D eigenvalue weighted by atomic mass is 32.2. The van der Waals surface area contributed by atoms with Gasteiger partial charge in [-0.05, 0) is 37.8 Å². The molecule has 1 saturated heterocycles. The van der Waals surface area contributed by atoms with Crippen LogP contribution in [-0.2, 0) is 14.8 Å². The van der Waals surface area contributed by atoms with Crippen molar-refractivity contribution in [3.63, 3.8) is 0 Å². The summed E-state index contributed by atoms with van der Waals surface area (Å²) >= 11 is 0. The van der Waals surface area contributed by atoms with Crippen molar-refractivity contribution in [1.82, 2.24) is 9.62 Å². The van der Waals surface area contributed by atoms with E-state index in [1.165, 1.54) is 4.31 Å². The Morgan fingerprint density at radius 2 is 2.09 bits per heavy atom. The van der Waals surface area contributed by atoms with Gasteiger partial charge in [0.1, 0.15) is 0 Å². The average Bonchev–Trinajstić information content (AvgIpc) is 2.53. The molecular formula is C16H24N2O4S. The number of sulfonamides is 1. The van der Waals surface area contributed by atoms with Gasteiger partial charge in [0.05, 0.1) is 10.5 Å². The van der Waals surface area contributed by atoms with E-state index in [2.05, 4.69) is 5.32 Å². The van der Waals surface area contributed by atoms with Gasteiger partial charge < -0.3 is 10.4 Å². The number of benzene rings is 1. The van der Waals surface area contributed by atoms with Gasteiger partial charge in [-0.25, -0.2) is 8.42 Å². The summed E-state index contributed by atoms with van der Waals surface area (Å²) in [6.45, 7) is 2.17. The predicted molar refractivity (Wildman–Crippen MR) is 87.4 cm³/mol. The van der Waals surface area contributed by atoms with Crippen LogP contribution < -0.4 is 5.32 Å². The minimum Gasteiger partial charge on any atom is -0.388 e. The SMILES string of the molecule is CNC(=O)CC[C@@]1(O)CCCN(S(=O)(=O)c2ccccc2C)C1. The fourth-order valence-corrected chi connectivity index (χ4v) is 4.72. The molecule has 2 rings (SSSR count). The molecule has 1 amide bonds. The van der Waals surface area contributed by atoms with Crippen molar-refractivity contribution in [1.29, 1.82) is 0 Å². The second-order valence-corrected chi connectivity index (χ2v) is 8.01. The van der Waals surface area contributed by atoms with Crippen molar-refractivity contribution in [2.24, 2.45) is 0 Å². The first kappa shape index (κ1) is 17.9. The summed E-state index contributed by atoms with van der Waals surface area (Å²) in [6.07, 6.45) is 1.52. The molecule has 0 saturated carbocycles. The highest BCUT2D eigenvalue weighted by Crippen LogP contribution is 2.30. The van der Waals surface area contributed by atoms with Gasteiger partial charge in [0.15, 0.2) is 0 Å². The van der Waals surface area contributed by atoms with Gasteiger partial charge in [0.2, 0.25) is 15.9 Å². The highest BCUT2D eigenvalue weighted by molar-refractivity contribution is 7.89. The maximum absolute atomic E-state index is 12.8. The number of nitrogens with zero attached hydrogens (tertiary/aromatic N) is 1. The molecule has 128 valence electrons. The molecule has 7 heteroatoms. The Hall–Kier alpha value is -1.44. The molecule has 1 aliphatic rings. The largest absolute Gasteiger partial charge is 0.388 e. The van der Waals surface area contributed by atoms with E-state index in [0.29, 0.717) is 24.9 Å². The summed E-state index contributed by atoms with van der Waals surface area (Å²) < 4.78 is 27.0. The number of hydrogen-bond donors (Lipinski definition) is 2. The number of rotatable bonds is 5. The molecule has 1 aliphatic heterocycles. The van der Waals surface area contributed by atoms with Crippen LogP contribution in [0.15, 0.2) is 29.2 Å². The van der Waals surface area contributed by atoms with Crippen LogP contribution in [0, 0.1) is 6.92 Å². The number of hydrogen-bond acceptors (Lipinski definition) is 4. The van der Waals surface area contributed by atoms with Gasteiger partial charge in [0, 0.05) is 26.6 Å². The zero-order valence-electron chi connectivity index (χ0n) is 13.6.